The van der Waals surface area contributed by atoms with Crippen LogP contribution in [0.1, 0.15) is 17.2 Å². The van der Waals surface area contributed by atoms with Crippen LogP contribution in [-0.4, -0.2) is 16.3 Å². The zero-order valence-electron chi connectivity index (χ0n) is 8.47. The molecule has 0 amide bonds. The SMILES string of the molecule is Cc1ccc2c([C@H](O)C(F)(F)F)c[nH]c2c1. The van der Waals surface area contributed by atoms with E-state index in [1.54, 1.807) is 18.2 Å². The first kappa shape index (κ1) is 11.0. The van der Waals surface area contributed by atoms with Crippen LogP contribution >= 0.6 is 0 Å². The van der Waals surface area contributed by atoms with Gasteiger partial charge >= 0.3 is 6.18 Å². The molecule has 2 aromatic rings. The van der Waals surface area contributed by atoms with E-state index in [2.05, 4.69) is 4.98 Å². The number of hydrogen-bond donors (Lipinski definition) is 2. The van der Waals surface area contributed by atoms with E-state index in [-0.39, 0.29) is 5.56 Å². The summed E-state index contributed by atoms with van der Waals surface area (Å²) in [4.78, 5) is 2.72. The molecule has 16 heavy (non-hydrogen) atoms. The van der Waals surface area contributed by atoms with Crippen molar-refractivity contribution in [1.82, 2.24) is 4.98 Å². The van der Waals surface area contributed by atoms with E-state index in [9.17, 15) is 13.2 Å². The fourth-order valence-corrected chi connectivity index (χ4v) is 1.67. The lowest BCUT2D eigenvalue weighted by Crippen LogP contribution is -2.19. The summed E-state index contributed by atoms with van der Waals surface area (Å²) in [5.74, 6) is 0. The van der Waals surface area contributed by atoms with Crippen LogP contribution in [0.25, 0.3) is 10.9 Å². The second-order valence-electron chi connectivity index (χ2n) is 3.74. The Hall–Kier alpha value is -1.49. The maximum atomic E-state index is 12.4. The van der Waals surface area contributed by atoms with E-state index in [4.69, 9.17) is 5.11 Å². The lowest BCUT2D eigenvalue weighted by atomic mass is 10.1. The molecule has 1 aromatic carbocycles. The summed E-state index contributed by atoms with van der Waals surface area (Å²) >= 11 is 0. The van der Waals surface area contributed by atoms with Crippen molar-refractivity contribution < 1.29 is 18.3 Å². The minimum atomic E-state index is -4.64. The van der Waals surface area contributed by atoms with Crippen LogP contribution < -0.4 is 0 Å². The molecule has 2 rings (SSSR count). The zero-order valence-corrected chi connectivity index (χ0v) is 8.47. The van der Waals surface area contributed by atoms with Gasteiger partial charge in [-0.25, -0.2) is 0 Å². The number of aromatic amines is 1. The van der Waals surface area contributed by atoms with Crippen molar-refractivity contribution >= 4 is 10.9 Å². The summed E-state index contributed by atoms with van der Waals surface area (Å²) < 4.78 is 37.1. The van der Waals surface area contributed by atoms with Gasteiger partial charge in [-0.1, -0.05) is 12.1 Å². The van der Waals surface area contributed by atoms with E-state index < -0.39 is 12.3 Å². The molecule has 2 N–H and O–H groups in total. The molecular formula is C11H10F3NO. The standard InChI is InChI=1S/C11H10F3NO/c1-6-2-3-7-8(5-15-9(7)4-6)10(16)11(12,13)14/h2-5,10,15-16H,1H3/t10-/m0/s1. The molecule has 0 bridgehead atoms. The van der Waals surface area contributed by atoms with Gasteiger partial charge in [-0.2, -0.15) is 13.2 Å². The van der Waals surface area contributed by atoms with Crippen LogP contribution in [0.3, 0.4) is 0 Å². The lowest BCUT2D eigenvalue weighted by molar-refractivity contribution is -0.206. The third kappa shape index (κ3) is 1.78. The van der Waals surface area contributed by atoms with Crippen LogP contribution in [0.2, 0.25) is 0 Å². The number of rotatable bonds is 1. The van der Waals surface area contributed by atoms with Crippen LogP contribution in [0, 0.1) is 6.92 Å². The van der Waals surface area contributed by atoms with Gasteiger partial charge in [0.05, 0.1) is 0 Å². The Morgan fingerprint density at radius 1 is 1.31 bits per heavy atom. The molecular weight excluding hydrogens is 219 g/mol. The van der Waals surface area contributed by atoms with Gasteiger partial charge in [0.15, 0.2) is 6.10 Å². The Balaban J connectivity index is 2.54. The molecule has 86 valence electrons. The molecule has 0 spiro atoms. The van der Waals surface area contributed by atoms with Gasteiger partial charge in [0, 0.05) is 22.7 Å². The highest BCUT2D eigenvalue weighted by molar-refractivity contribution is 5.84. The Labute approximate surface area is 89.7 Å². The number of alkyl halides is 3. The van der Waals surface area contributed by atoms with Crippen molar-refractivity contribution in [2.24, 2.45) is 0 Å². The van der Waals surface area contributed by atoms with Crippen molar-refractivity contribution in [1.29, 1.82) is 0 Å². The molecule has 1 heterocycles. The maximum Gasteiger partial charge on any atom is 0.418 e. The van der Waals surface area contributed by atoms with Crippen LogP contribution in [0.15, 0.2) is 24.4 Å². The number of aryl methyl sites for hydroxylation is 1. The summed E-state index contributed by atoms with van der Waals surface area (Å²) in [5.41, 5.74) is 1.41. The first-order chi connectivity index (χ1) is 7.39. The van der Waals surface area contributed by atoms with Gasteiger partial charge in [-0.05, 0) is 18.6 Å². The largest absolute Gasteiger partial charge is 0.418 e. The topological polar surface area (TPSA) is 36.0 Å². The second kappa shape index (κ2) is 3.52. The second-order valence-corrected chi connectivity index (χ2v) is 3.74. The summed E-state index contributed by atoms with van der Waals surface area (Å²) in [6, 6.07) is 5.02. The molecule has 0 aliphatic heterocycles. The van der Waals surface area contributed by atoms with Gasteiger partial charge in [-0.3, -0.25) is 0 Å². The highest BCUT2D eigenvalue weighted by atomic mass is 19.4. The minimum absolute atomic E-state index is 0.137. The molecule has 0 aliphatic rings. The first-order valence-corrected chi connectivity index (χ1v) is 4.72. The van der Waals surface area contributed by atoms with Gasteiger partial charge in [0.25, 0.3) is 0 Å². The average molecular weight is 229 g/mol. The highest BCUT2D eigenvalue weighted by Gasteiger charge is 2.40. The quantitative estimate of drug-likeness (QED) is 0.774. The molecule has 1 aromatic heterocycles. The van der Waals surface area contributed by atoms with Gasteiger partial charge in [0.1, 0.15) is 0 Å². The normalized spacial score (nSPS) is 14.3. The van der Waals surface area contributed by atoms with Crippen molar-refractivity contribution in [3.63, 3.8) is 0 Å². The lowest BCUT2D eigenvalue weighted by Gasteiger charge is -2.13. The third-order valence-corrected chi connectivity index (χ3v) is 2.47. The maximum absolute atomic E-state index is 12.4. The van der Waals surface area contributed by atoms with E-state index >= 15 is 0 Å². The third-order valence-electron chi connectivity index (χ3n) is 2.47. The molecule has 1 atom stereocenters. The first-order valence-electron chi connectivity index (χ1n) is 4.72. The van der Waals surface area contributed by atoms with Crippen molar-refractivity contribution in [3.8, 4) is 0 Å². The number of fused-ring (bicyclic) bond motifs is 1. The van der Waals surface area contributed by atoms with E-state index in [0.717, 1.165) is 5.56 Å². The summed E-state index contributed by atoms with van der Waals surface area (Å²) in [7, 11) is 0. The fourth-order valence-electron chi connectivity index (χ4n) is 1.67. The zero-order chi connectivity index (χ0) is 11.9. The Bertz CT molecular complexity index is 515. The number of aromatic nitrogens is 1. The molecule has 0 aliphatic carbocycles. The molecule has 0 unspecified atom stereocenters. The smallest absolute Gasteiger partial charge is 0.379 e. The van der Waals surface area contributed by atoms with E-state index in [1.807, 2.05) is 6.92 Å². The predicted molar refractivity (Wildman–Crippen MR) is 54.1 cm³/mol. The number of halogens is 3. The summed E-state index contributed by atoms with van der Waals surface area (Å²) in [6.07, 6.45) is -5.88. The Morgan fingerprint density at radius 2 is 2.00 bits per heavy atom. The van der Waals surface area contributed by atoms with E-state index in [0.29, 0.717) is 10.9 Å². The molecule has 2 nitrogen and oxygen atoms in total. The Kier molecular flexibility index (Phi) is 2.42. The van der Waals surface area contributed by atoms with Crippen LogP contribution in [-0.2, 0) is 0 Å². The van der Waals surface area contributed by atoms with Crippen molar-refractivity contribution in [3.05, 3.63) is 35.5 Å². The minimum Gasteiger partial charge on any atom is -0.379 e. The van der Waals surface area contributed by atoms with Gasteiger partial charge < -0.3 is 10.1 Å². The average Bonchev–Trinajstić information content (AvgIpc) is 2.57. The van der Waals surface area contributed by atoms with Crippen molar-refractivity contribution in [2.75, 3.05) is 0 Å². The summed E-state index contributed by atoms with van der Waals surface area (Å²) in [5, 5.41) is 9.57. The number of nitrogens with one attached hydrogen (secondary N) is 1. The molecule has 5 heteroatoms. The molecule has 0 saturated heterocycles. The number of H-pyrrole nitrogens is 1. The van der Waals surface area contributed by atoms with E-state index in [1.165, 1.54) is 6.20 Å². The number of benzene rings is 1. The monoisotopic (exact) mass is 229 g/mol. The summed E-state index contributed by atoms with van der Waals surface area (Å²) in [6.45, 7) is 1.85. The Morgan fingerprint density at radius 3 is 2.62 bits per heavy atom. The molecule has 0 saturated carbocycles. The highest BCUT2D eigenvalue weighted by Crippen LogP contribution is 2.36. The molecule has 0 radical (unpaired) electrons. The van der Waals surface area contributed by atoms with Gasteiger partial charge in [-0.15, -0.1) is 0 Å². The van der Waals surface area contributed by atoms with Gasteiger partial charge in [0.2, 0.25) is 0 Å². The predicted octanol–water partition coefficient (Wildman–Crippen LogP) is 3.07. The van der Waals surface area contributed by atoms with Crippen molar-refractivity contribution in [2.45, 2.75) is 19.2 Å². The number of hydrogen-bond acceptors (Lipinski definition) is 1. The fraction of sp³-hybridized carbons (Fsp3) is 0.273. The number of aliphatic hydroxyl groups is 1. The van der Waals surface area contributed by atoms with Crippen LogP contribution in [0.4, 0.5) is 13.2 Å². The number of aliphatic hydroxyl groups excluding tert-OH is 1. The molecule has 0 fully saturated rings. The van der Waals surface area contributed by atoms with Crippen LogP contribution in [0.5, 0.6) is 0 Å².